The highest BCUT2D eigenvalue weighted by atomic mass is 32.2. The van der Waals surface area contributed by atoms with Crippen LogP contribution in [0.1, 0.15) is 19.8 Å². The molecule has 1 fully saturated rings. The van der Waals surface area contributed by atoms with Gasteiger partial charge in [-0.25, -0.2) is 0 Å². The summed E-state index contributed by atoms with van der Waals surface area (Å²) in [5.74, 6) is 2.55. The minimum absolute atomic E-state index is 0.383. The van der Waals surface area contributed by atoms with Crippen molar-refractivity contribution in [1.29, 1.82) is 5.26 Å². The molecule has 0 saturated carbocycles. The largest absolute Gasteiger partial charge is 0.192 e. The molecule has 1 rings (SSSR count). The van der Waals surface area contributed by atoms with Gasteiger partial charge in [0.15, 0.2) is 0 Å². The molecule has 0 unspecified atom stereocenters. The monoisotopic (exact) mass is 141 g/mol. The van der Waals surface area contributed by atoms with E-state index in [1.165, 1.54) is 24.3 Å². The van der Waals surface area contributed by atoms with Gasteiger partial charge in [0.05, 0.1) is 0 Å². The molecule has 0 aromatic carbocycles. The van der Waals surface area contributed by atoms with Crippen LogP contribution in [-0.2, 0) is 0 Å². The summed E-state index contributed by atoms with van der Waals surface area (Å²) in [6.07, 6.45) is 2.67. The molecule has 0 amide bonds. The standard InChI is InChI=1S/C7H11NS/c1-7(6-8)9-4-2-3-5-9/h2-5H2,1H3. The Balaban J connectivity index is 2.70. The van der Waals surface area contributed by atoms with E-state index in [1.54, 1.807) is 0 Å². The quantitative estimate of drug-likeness (QED) is 0.472. The summed E-state index contributed by atoms with van der Waals surface area (Å²) in [6, 6.07) is 2.24. The van der Waals surface area contributed by atoms with Crippen molar-refractivity contribution < 1.29 is 0 Å². The average Bonchev–Trinajstić information content (AvgIpc) is 2.37. The zero-order chi connectivity index (χ0) is 6.69. The fraction of sp³-hybridized carbons (Fsp3) is 0.714. The average molecular weight is 141 g/mol. The zero-order valence-electron chi connectivity index (χ0n) is 5.68. The molecule has 0 bridgehead atoms. The summed E-state index contributed by atoms with van der Waals surface area (Å²) in [6.45, 7) is 1.97. The van der Waals surface area contributed by atoms with Gasteiger partial charge in [-0.15, -0.1) is 0 Å². The lowest BCUT2D eigenvalue weighted by Gasteiger charge is -1.95. The molecule has 1 aliphatic rings. The van der Waals surface area contributed by atoms with Crippen molar-refractivity contribution in [2.24, 2.45) is 0 Å². The van der Waals surface area contributed by atoms with Gasteiger partial charge < -0.3 is 0 Å². The Morgan fingerprint density at radius 3 is 2.44 bits per heavy atom. The third-order valence-corrected chi connectivity index (χ3v) is 4.14. The van der Waals surface area contributed by atoms with Crippen LogP contribution in [0.5, 0.6) is 0 Å². The lowest BCUT2D eigenvalue weighted by Crippen LogP contribution is -1.86. The van der Waals surface area contributed by atoms with E-state index >= 15 is 0 Å². The number of nitriles is 1. The van der Waals surface area contributed by atoms with Gasteiger partial charge in [0.25, 0.3) is 0 Å². The Bertz CT molecular complexity index is 168. The van der Waals surface area contributed by atoms with Crippen LogP contribution in [0.25, 0.3) is 0 Å². The van der Waals surface area contributed by atoms with Crippen LogP contribution in [-0.4, -0.2) is 16.4 Å². The highest BCUT2D eigenvalue weighted by molar-refractivity contribution is 8.16. The molecule has 1 heterocycles. The minimum Gasteiger partial charge on any atom is -0.192 e. The lowest BCUT2D eigenvalue weighted by molar-refractivity contribution is 0.949. The van der Waals surface area contributed by atoms with Crippen LogP contribution in [0.15, 0.2) is 0 Å². The van der Waals surface area contributed by atoms with Crippen molar-refractivity contribution in [2.45, 2.75) is 19.8 Å². The number of rotatable bonds is 0. The molecule has 0 aromatic heterocycles. The van der Waals surface area contributed by atoms with E-state index in [9.17, 15) is 0 Å². The zero-order valence-corrected chi connectivity index (χ0v) is 6.50. The van der Waals surface area contributed by atoms with Gasteiger partial charge in [0.1, 0.15) is 6.07 Å². The first-order valence-corrected chi connectivity index (χ1v) is 4.82. The van der Waals surface area contributed by atoms with Gasteiger partial charge in [0, 0.05) is 4.86 Å². The van der Waals surface area contributed by atoms with Crippen molar-refractivity contribution in [3.8, 4) is 6.07 Å². The molecular formula is C7H11NS. The third kappa shape index (κ3) is 1.56. The Hall–Kier alpha value is -0.290. The van der Waals surface area contributed by atoms with Gasteiger partial charge in [-0.05, 0) is 31.3 Å². The van der Waals surface area contributed by atoms with Crippen molar-refractivity contribution >= 4 is 15.3 Å². The van der Waals surface area contributed by atoms with Crippen LogP contribution in [0.3, 0.4) is 0 Å². The highest BCUT2D eigenvalue weighted by Crippen LogP contribution is 2.26. The molecule has 2 heteroatoms. The summed E-state index contributed by atoms with van der Waals surface area (Å²) in [5, 5.41) is 8.52. The normalized spacial score (nSPS) is 19.6. The van der Waals surface area contributed by atoms with Crippen LogP contribution in [0, 0.1) is 11.3 Å². The first kappa shape index (κ1) is 6.82. The molecule has 0 spiro atoms. The van der Waals surface area contributed by atoms with Gasteiger partial charge in [0.2, 0.25) is 0 Å². The summed E-state index contributed by atoms with van der Waals surface area (Å²) < 4.78 is 0. The molecule has 0 aromatic rings. The van der Waals surface area contributed by atoms with Crippen LogP contribution >= 0.6 is 10.5 Å². The maximum absolute atomic E-state index is 8.52. The Labute approximate surface area is 58.6 Å². The predicted molar refractivity (Wildman–Crippen MR) is 42.9 cm³/mol. The van der Waals surface area contributed by atoms with Gasteiger partial charge in [-0.2, -0.15) is 15.7 Å². The van der Waals surface area contributed by atoms with Crippen molar-refractivity contribution in [3.05, 3.63) is 0 Å². The predicted octanol–water partition coefficient (Wildman–Crippen LogP) is 1.76. The second-order valence-corrected chi connectivity index (χ2v) is 4.69. The molecule has 1 saturated heterocycles. The number of hydrogen-bond donors (Lipinski definition) is 0. The molecular weight excluding hydrogens is 130 g/mol. The van der Waals surface area contributed by atoms with Gasteiger partial charge in [-0.3, -0.25) is 0 Å². The van der Waals surface area contributed by atoms with E-state index in [-0.39, 0.29) is 0 Å². The van der Waals surface area contributed by atoms with Crippen LogP contribution < -0.4 is 0 Å². The first-order valence-electron chi connectivity index (χ1n) is 3.26. The fourth-order valence-corrected chi connectivity index (χ4v) is 3.08. The van der Waals surface area contributed by atoms with E-state index in [2.05, 4.69) is 6.07 Å². The number of nitrogens with zero attached hydrogens (tertiary/aromatic N) is 1. The highest BCUT2D eigenvalue weighted by Gasteiger charge is 2.06. The van der Waals surface area contributed by atoms with E-state index in [4.69, 9.17) is 5.26 Å². The Morgan fingerprint density at radius 2 is 2.00 bits per heavy atom. The van der Waals surface area contributed by atoms with Crippen LogP contribution in [0.2, 0.25) is 0 Å². The van der Waals surface area contributed by atoms with Crippen LogP contribution in [0.4, 0.5) is 0 Å². The van der Waals surface area contributed by atoms with E-state index in [1.807, 2.05) is 6.92 Å². The smallest absolute Gasteiger partial charge is 0.100 e. The molecule has 9 heavy (non-hydrogen) atoms. The topological polar surface area (TPSA) is 23.8 Å². The first-order chi connectivity index (χ1) is 4.34. The summed E-state index contributed by atoms with van der Waals surface area (Å²) in [4.78, 5) is 1.06. The Kier molecular flexibility index (Phi) is 2.29. The van der Waals surface area contributed by atoms with Gasteiger partial charge in [-0.1, -0.05) is 0 Å². The fourth-order valence-electron chi connectivity index (χ4n) is 1.03. The second kappa shape index (κ2) is 3.03. The number of hydrogen-bond acceptors (Lipinski definition) is 1. The van der Waals surface area contributed by atoms with Crippen molar-refractivity contribution in [3.63, 3.8) is 0 Å². The second-order valence-electron chi connectivity index (χ2n) is 2.28. The SMILES string of the molecule is CC(C#N)=S1CCCC1. The molecule has 0 aliphatic carbocycles. The maximum atomic E-state index is 8.52. The van der Waals surface area contributed by atoms with E-state index in [0.717, 1.165) is 4.86 Å². The summed E-state index contributed by atoms with van der Waals surface area (Å²) >= 11 is 0. The van der Waals surface area contributed by atoms with Crippen molar-refractivity contribution in [1.82, 2.24) is 0 Å². The summed E-state index contributed by atoms with van der Waals surface area (Å²) in [5.41, 5.74) is 0. The molecule has 1 nitrogen and oxygen atoms in total. The summed E-state index contributed by atoms with van der Waals surface area (Å²) in [7, 11) is 0.383. The molecule has 1 aliphatic heterocycles. The van der Waals surface area contributed by atoms with Crippen molar-refractivity contribution in [2.75, 3.05) is 11.5 Å². The molecule has 0 radical (unpaired) electrons. The van der Waals surface area contributed by atoms with E-state index in [0.29, 0.717) is 10.5 Å². The van der Waals surface area contributed by atoms with Gasteiger partial charge >= 0.3 is 0 Å². The lowest BCUT2D eigenvalue weighted by atomic mass is 10.4. The molecule has 0 atom stereocenters. The minimum atomic E-state index is 0.383. The maximum Gasteiger partial charge on any atom is 0.100 e. The van der Waals surface area contributed by atoms with E-state index < -0.39 is 0 Å². The molecule has 0 N–H and O–H groups in total. The molecule has 50 valence electrons. The third-order valence-electron chi connectivity index (χ3n) is 1.62. The Morgan fingerprint density at radius 1 is 1.44 bits per heavy atom.